The number of aromatic carboxylic acids is 1. The summed E-state index contributed by atoms with van der Waals surface area (Å²) in [7, 11) is 1.54. The Labute approximate surface area is 110 Å². The number of nitrogens with zero attached hydrogens (tertiary/aromatic N) is 1. The van der Waals surface area contributed by atoms with Gasteiger partial charge in [0.1, 0.15) is 5.56 Å². The number of hydrogen-bond acceptors (Lipinski definition) is 3. The number of pyridine rings is 1. The van der Waals surface area contributed by atoms with Crippen molar-refractivity contribution in [2.45, 2.75) is 13.5 Å². The van der Waals surface area contributed by atoms with Crippen LogP contribution in [0.2, 0.25) is 0 Å². The van der Waals surface area contributed by atoms with E-state index < -0.39 is 11.5 Å². The van der Waals surface area contributed by atoms with Gasteiger partial charge in [-0.1, -0.05) is 18.2 Å². The number of ether oxygens (including phenoxy) is 1. The first-order chi connectivity index (χ1) is 9.07. The van der Waals surface area contributed by atoms with Crippen molar-refractivity contribution in [1.29, 1.82) is 0 Å². The van der Waals surface area contributed by atoms with Crippen LogP contribution in [0.3, 0.4) is 0 Å². The predicted molar refractivity (Wildman–Crippen MR) is 71.8 cm³/mol. The van der Waals surface area contributed by atoms with Crippen LogP contribution in [0, 0.1) is 6.92 Å². The fourth-order valence-corrected chi connectivity index (χ4v) is 2.22. The third-order valence-corrected chi connectivity index (χ3v) is 3.17. The van der Waals surface area contributed by atoms with Crippen LogP contribution in [0.15, 0.2) is 29.1 Å². The number of carboxylic acid groups (broad SMARTS) is 1. The molecular weight excluding hydrogens is 246 g/mol. The Balaban J connectivity index is 2.84. The molecule has 0 aliphatic rings. The molecule has 0 saturated carbocycles. The van der Waals surface area contributed by atoms with Crippen molar-refractivity contribution >= 4 is 16.9 Å². The van der Waals surface area contributed by atoms with Crippen molar-refractivity contribution in [2.75, 3.05) is 13.7 Å². The molecule has 0 radical (unpaired) electrons. The van der Waals surface area contributed by atoms with E-state index in [2.05, 4.69) is 0 Å². The molecule has 0 spiro atoms. The summed E-state index contributed by atoms with van der Waals surface area (Å²) < 4.78 is 6.43. The van der Waals surface area contributed by atoms with Gasteiger partial charge in [0.05, 0.1) is 12.1 Å². The molecule has 2 aromatic rings. The van der Waals surface area contributed by atoms with E-state index >= 15 is 0 Å². The van der Waals surface area contributed by atoms with Crippen molar-refractivity contribution in [3.8, 4) is 0 Å². The minimum absolute atomic E-state index is 0.171. The van der Waals surface area contributed by atoms with Gasteiger partial charge in [-0.15, -0.1) is 0 Å². The maximum atomic E-state index is 12.3. The van der Waals surface area contributed by atoms with Crippen LogP contribution in [-0.4, -0.2) is 29.4 Å². The van der Waals surface area contributed by atoms with Crippen molar-refractivity contribution in [3.05, 3.63) is 45.7 Å². The van der Waals surface area contributed by atoms with Crippen molar-refractivity contribution in [3.63, 3.8) is 0 Å². The van der Waals surface area contributed by atoms with Crippen LogP contribution >= 0.6 is 0 Å². The Morgan fingerprint density at radius 2 is 2.05 bits per heavy atom. The topological polar surface area (TPSA) is 68.5 Å². The number of hydrogen-bond donors (Lipinski definition) is 1. The summed E-state index contributed by atoms with van der Waals surface area (Å²) in [6.07, 6.45) is 0. The molecule has 0 aliphatic heterocycles. The highest BCUT2D eigenvalue weighted by molar-refractivity contribution is 5.95. The zero-order chi connectivity index (χ0) is 14.0. The quantitative estimate of drug-likeness (QED) is 0.908. The summed E-state index contributed by atoms with van der Waals surface area (Å²) in [6, 6.07) is 7.28. The van der Waals surface area contributed by atoms with Gasteiger partial charge in [-0.25, -0.2) is 4.79 Å². The van der Waals surface area contributed by atoms with Crippen LogP contribution < -0.4 is 5.56 Å². The smallest absolute Gasteiger partial charge is 0.341 e. The summed E-state index contributed by atoms with van der Waals surface area (Å²) in [5.41, 5.74) is 0.573. The lowest BCUT2D eigenvalue weighted by atomic mass is 10.0. The molecule has 0 fully saturated rings. The van der Waals surface area contributed by atoms with Crippen molar-refractivity contribution in [1.82, 2.24) is 4.57 Å². The van der Waals surface area contributed by atoms with Gasteiger partial charge in [-0.3, -0.25) is 4.79 Å². The second-order valence-electron chi connectivity index (χ2n) is 4.27. The highest BCUT2D eigenvalue weighted by atomic mass is 16.5. The van der Waals surface area contributed by atoms with Gasteiger partial charge in [-0.2, -0.15) is 0 Å². The first-order valence-electron chi connectivity index (χ1n) is 5.92. The average molecular weight is 261 g/mol. The SMILES string of the molecule is COCCn1c(=O)c(C(=O)O)c(C)c2ccccc21. The number of rotatable bonds is 4. The minimum Gasteiger partial charge on any atom is -0.477 e. The monoisotopic (exact) mass is 261 g/mol. The lowest BCUT2D eigenvalue weighted by Crippen LogP contribution is -2.29. The van der Waals surface area contributed by atoms with Gasteiger partial charge in [0.2, 0.25) is 0 Å². The van der Waals surface area contributed by atoms with Crippen LogP contribution in [0.25, 0.3) is 10.9 Å². The molecule has 0 bridgehead atoms. The summed E-state index contributed by atoms with van der Waals surface area (Å²) in [5.74, 6) is -1.19. The molecule has 19 heavy (non-hydrogen) atoms. The Kier molecular flexibility index (Phi) is 3.66. The van der Waals surface area contributed by atoms with E-state index in [1.54, 1.807) is 14.0 Å². The molecule has 0 amide bonds. The normalized spacial score (nSPS) is 10.8. The Morgan fingerprint density at radius 3 is 2.68 bits per heavy atom. The zero-order valence-electron chi connectivity index (χ0n) is 10.8. The van der Waals surface area contributed by atoms with E-state index in [4.69, 9.17) is 4.74 Å². The molecule has 0 saturated heterocycles. The summed E-state index contributed by atoms with van der Waals surface area (Å²) in [5, 5.41) is 9.98. The molecule has 2 rings (SSSR count). The number of methoxy groups -OCH3 is 1. The Morgan fingerprint density at radius 1 is 1.37 bits per heavy atom. The van der Waals surface area contributed by atoms with E-state index in [-0.39, 0.29) is 5.56 Å². The Hall–Kier alpha value is -2.14. The van der Waals surface area contributed by atoms with Gasteiger partial charge in [0.25, 0.3) is 5.56 Å². The summed E-state index contributed by atoms with van der Waals surface area (Å²) in [4.78, 5) is 23.5. The molecule has 0 unspecified atom stereocenters. The minimum atomic E-state index is -1.19. The van der Waals surface area contributed by atoms with Crippen LogP contribution in [-0.2, 0) is 11.3 Å². The third-order valence-electron chi connectivity index (χ3n) is 3.17. The molecule has 1 N–H and O–H groups in total. The lowest BCUT2D eigenvalue weighted by Gasteiger charge is -2.13. The molecule has 0 aliphatic carbocycles. The highest BCUT2D eigenvalue weighted by Gasteiger charge is 2.18. The fraction of sp³-hybridized carbons (Fsp3) is 0.286. The number of fused-ring (bicyclic) bond motifs is 1. The van der Waals surface area contributed by atoms with E-state index in [0.717, 1.165) is 10.9 Å². The number of carbonyl (C=O) groups is 1. The second-order valence-corrected chi connectivity index (χ2v) is 4.27. The van der Waals surface area contributed by atoms with Crippen LogP contribution in [0.5, 0.6) is 0 Å². The number of para-hydroxylation sites is 1. The molecule has 100 valence electrons. The number of aryl methyl sites for hydroxylation is 1. The summed E-state index contributed by atoms with van der Waals surface area (Å²) >= 11 is 0. The molecular formula is C14H15NO4. The van der Waals surface area contributed by atoms with E-state index in [1.807, 2.05) is 24.3 Å². The van der Waals surface area contributed by atoms with E-state index in [0.29, 0.717) is 18.7 Å². The lowest BCUT2D eigenvalue weighted by molar-refractivity contribution is 0.0693. The standard InChI is InChI=1S/C14H15NO4/c1-9-10-5-3-4-6-11(10)15(7-8-19-2)13(16)12(9)14(17)18/h3-6H,7-8H2,1-2H3,(H,17,18). The van der Waals surface area contributed by atoms with Gasteiger partial charge in [0, 0.05) is 19.0 Å². The zero-order valence-corrected chi connectivity index (χ0v) is 10.8. The summed E-state index contributed by atoms with van der Waals surface area (Å²) in [6.45, 7) is 2.34. The Bertz CT molecular complexity index is 688. The van der Waals surface area contributed by atoms with Crippen LogP contribution in [0.4, 0.5) is 0 Å². The van der Waals surface area contributed by atoms with E-state index in [9.17, 15) is 14.7 Å². The number of carboxylic acids is 1. The molecule has 1 aromatic heterocycles. The average Bonchev–Trinajstić information content (AvgIpc) is 2.38. The van der Waals surface area contributed by atoms with Gasteiger partial charge >= 0.3 is 5.97 Å². The predicted octanol–water partition coefficient (Wildman–Crippen LogP) is 1.65. The second kappa shape index (κ2) is 5.24. The fourth-order valence-electron chi connectivity index (χ4n) is 2.22. The maximum Gasteiger partial charge on any atom is 0.341 e. The third kappa shape index (κ3) is 2.24. The number of benzene rings is 1. The van der Waals surface area contributed by atoms with Crippen LogP contribution in [0.1, 0.15) is 15.9 Å². The number of aromatic nitrogens is 1. The van der Waals surface area contributed by atoms with Gasteiger partial charge < -0.3 is 14.4 Å². The first kappa shape index (κ1) is 13.3. The largest absolute Gasteiger partial charge is 0.477 e. The highest BCUT2D eigenvalue weighted by Crippen LogP contribution is 2.19. The molecule has 5 nitrogen and oxygen atoms in total. The van der Waals surface area contributed by atoms with Gasteiger partial charge in [0.15, 0.2) is 0 Å². The van der Waals surface area contributed by atoms with Crippen molar-refractivity contribution < 1.29 is 14.6 Å². The first-order valence-corrected chi connectivity index (χ1v) is 5.92. The molecule has 1 heterocycles. The molecule has 1 aromatic carbocycles. The van der Waals surface area contributed by atoms with Crippen molar-refractivity contribution in [2.24, 2.45) is 0 Å². The van der Waals surface area contributed by atoms with Gasteiger partial charge in [-0.05, 0) is 18.6 Å². The molecule has 0 atom stereocenters. The molecule has 5 heteroatoms. The van der Waals surface area contributed by atoms with E-state index in [1.165, 1.54) is 4.57 Å². The maximum absolute atomic E-state index is 12.3.